The number of sulfone groups is 1. The van der Waals surface area contributed by atoms with Crippen molar-refractivity contribution >= 4 is 15.7 Å². The first-order chi connectivity index (χ1) is 7.92. The molecule has 1 atom stereocenters. The van der Waals surface area contributed by atoms with Gasteiger partial charge in [-0.25, -0.2) is 8.42 Å². The molecule has 0 bridgehead atoms. The maximum absolute atomic E-state index is 11.4. The number of carbonyl (C=O) groups is 1. The number of likely N-dealkylation sites (tertiary alicyclic amines) is 1. The highest BCUT2D eigenvalue weighted by atomic mass is 32.2. The Morgan fingerprint density at radius 1 is 1.47 bits per heavy atom. The van der Waals surface area contributed by atoms with Crippen LogP contribution in [0.15, 0.2) is 0 Å². The highest BCUT2D eigenvalue weighted by molar-refractivity contribution is 7.90. The molecule has 0 spiro atoms. The summed E-state index contributed by atoms with van der Waals surface area (Å²) < 4.78 is 21.8. The Balaban J connectivity index is 2.24. The third kappa shape index (κ3) is 5.50. The molecule has 1 aliphatic heterocycles. The van der Waals surface area contributed by atoms with Crippen LogP contribution in [0.2, 0.25) is 0 Å². The number of hydrogen-bond donors (Lipinski definition) is 1. The summed E-state index contributed by atoms with van der Waals surface area (Å²) in [6.45, 7) is 4.85. The van der Waals surface area contributed by atoms with Crippen LogP contribution >= 0.6 is 0 Å². The standard InChI is InChI=1S/C11H22N2O3S/c1-3-13-7-4-5-10(13)9-12-11(14)6-8-17(2,15)16/h10H,3-9H2,1-2H3,(H,12,14). The molecule has 0 saturated carbocycles. The van der Waals surface area contributed by atoms with Gasteiger partial charge in [0.05, 0.1) is 5.75 Å². The molecule has 1 fully saturated rings. The predicted molar refractivity (Wildman–Crippen MR) is 67.6 cm³/mol. The molecule has 6 heteroatoms. The minimum Gasteiger partial charge on any atom is -0.355 e. The van der Waals surface area contributed by atoms with E-state index in [0.717, 1.165) is 25.8 Å². The van der Waals surface area contributed by atoms with Crippen LogP contribution in [-0.4, -0.2) is 56.9 Å². The first-order valence-corrected chi connectivity index (χ1v) is 8.17. The zero-order chi connectivity index (χ0) is 12.9. The lowest BCUT2D eigenvalue weighted by molar-refractivity contribution is -0.120. The summed E-state index contributed by atoms with van der Waals surface area (Å²) in [6.07, 6.45) is 3.51. The average molecular weight is 262 g/mol. The van der Waals surface area contributed by atoms with E-state index in [9.17, 15) is 13.2 Å². The molecule has 1 heterocycles. The Bertz CT molecular complexity index is 354. The van der Waals surface area contributed by atoms with Crippen molar-refractivity contribution in [2.45, 2.75) is 32.2 Å². The molecule has 5 nitrogen and oxygen atoms in total. The van der Waals surface area contributed by atoms with Crippen molar-refractivity contribution < 1.29 is 13.2 Å². The van der Waals surface area contributed by atoms with E-state index < -0.39 is 9.84 Å². The lowest BCUT2D eigenvalue weighted by Gasteiger charge is -2.22. The van der Waals surface area contributed by atoms with Crippen molar-refractivity contribution in [1.82, 2.24) is 10.2 Å². The molecule has 1 unspecified atom stereocenters. The van der Waals surface area contributed by atoms with Crippen molar-refractivity contribution in [3.05, 3.63) is 0 Å². The van der Waals surface area contributed by atoms with Crippen LogP contribution in [0.4, 0.5) is 0 Å². The van der Waals surface area contributed by atoms with Gasteiger partial charge in [-0.1, -0.05) is 6.92 Å². The molecule has 17 heavy (non-hydrogen) atoms. The molecule has 0 aliphatic carbocycles. The maximum atomic E-state index is 11.4. The lowest BCUT2D eigenvalue weighted by atomic mass is 10.2. The van der Waals surface area contributed by atoms with E-state index in [-0.39, 0.29) is 18.1 Å². The molecule has 0 aromatic carbocycles. The second kappa shape index (κ2) is 6.35. The molecule has 1 amide bonds. The van der Waals surface area contributed by atoms with E-state index in [1.54, 1.807) is 0 Å². The summed E-state index contributed by atoms with van der Waals surface area (Å²) >= 11 is 0. The number of nitrogens with one attached hydrogen (secondary N) is 1. The highest BCUT2D eigenvalue weighted by Crippen LogP contribution is 2.15. The Kier molecular flexibility index (Phi) is 5.39. The van der Waals surface area contributed by atoms with E-state index in [1.165, 1.54) is 6.42 Å². The van der Waals surface area contributed by atoms with Gasteiger partial charge >= 0.3 is 0 Å². The fourth-order valence-electron chi connectivity index (χ4n) is 2.14. The smallest absolute Gasteiger partial charge is 0.221 e. The average Bonchev–Trinajstić information content (AvgIpc) is 2.69. The van der Waals surface area contributed by atoms with Gasteiger partial charge in [0.2, 0.25) is 5.91 Å². The summed E-state index contributed by atoms with van der Waals surface area (Å²) in [5.74, 6) is -0.237. The second-order valence-corrected chi connectivity index (χ2v) is 6.87. The fourth-order valence-corrected chi connectivity index (χ4v) is 2.70. The van der Waals surface area contributed by atoms with Crippen molar-refractivity contribution in [2.24, 2.45) is 0 Å². The number of likely N-dealkylation sites (N-methyl/N-ethyl adjacent to an activating group) is 1. The van der Waals surface area contributed by atoms with Crippen LogP contribution in [0.1, 0.15) is 26.2 Å². The molecule has 1 rings (SSSR count). The third-order valence-corrected chi connectivity index (χ3v) is 4.09. The first kappa shape index (κ1) is 14.4. The van der Waals surface area contributed by atoms with Crippen LogP contribution < -0.4 is 5.32 Å². The van der Waals surface area contributed by atoms with E-state index >= 15 is 0 Å². The van der Waals surface area contributed by atoms with Gasteiger partial charge < -0.3 is 5.32 Å². The molecular weight excluding hydrogens is 240 g/mol. The Morgan fingerprint density at radius 2 is 2.18 bits per heavy atom. The van der Waals surface area contributed by atoms with Gasteiger partial charge in [-0.05, 0) is 25.9 Å². The summed E-state index contributed by atoms with van der Waals surface area (Å²) in [7, 11) is -3.04. The first-order valence-electron chi connectivity index (χ1n) is 6.11. The lowest BCUT2D eigenvalue weighted by Crippen LogP contribution is -2.40. The molecule has 0 aromatic heterocycles. The molecule has 1 saturated heterocycles. The van der Waals surface area contributed by atoms with Gasteiger partial charge in [-0.2, -0.15) is 0 Å². The van der Waals surface area contributed by atoms with Crippen LogP contribution in [-0.2, 0) is 14.6 Å². The normalized spacial score (nSPS) is 21.6. The maximum Gasteiger partial charge on any atom is 0.221 e. The second-order valence-electron chi connectivity index (χ2n) is 4.61. The third-order valence-electron chi connectivity index (χ3n) is 3.14. The Morgan fingerprint density at radius 3 is 2.76 bits per heavy atom. The minimum absolute atomic E-state index is 0.0671. The van der Waals surface area contributed by atoms with E-state index in [0.29, 0.717) is 12.6 Å². The summed E-state index contributed by atoms with van der Waals surface area (Å²) in [5, 5.41) is 2.82. The topological polar surface area (TPSA) is 66.5 Å². The predicted octanol–water partition coefficient (Wildman–Crippen LogP) is 0.0216. The quantitative estimate of drug-likeness (QED) is 0.733. The van der Waals surface area contributed by atoms with Gasteiger partial charge in [0.25, 0.3) is 0 Å². The molecule has 100 valence electrons. The molecule has 0 aromatic rings. The monoisotopic (exact) mass is 262 g/mol. The van der Waals surface area contributed by atoms with Crippen LogP contribution in [0, 0.1) is 0 Å². The van der Waals surface area contributed by atoms with E-state index in [2.05, 4.69) is 17.1 Å². The molecular formula is C11H22N2O3S. The number of amides is 1. The van der Waals surface area contributed by atoms with Crippen molar-refractivity contribution in [3.63, 3.8) is 0 Å². The zero-order valence-corrected chi connectivity index (χ0v) is 11.4. The molecule has 1 N–H and O–H groups in total. The number of hydrogen-bond acceptors (Lipinski definition) is 4. The summed E-state index contributed by atoms with van der Waals surface area (Å²) in [4.78, 5) is 13.8. The van der Waals surface area contributed by atoms with Gasteiger partial charge in [0, 0.05) is 25.3 Å². The molecule has 1 aliphatic rings. The SMILES string of the molecule is CCN1CCCC1CNC(=O)CCS(C)(=O)=O. The van der Waals surface area contributed by atoms with Crippen molar-refractivity contribution in [1.29, 1.82) is 0 Å². The van der Waals surface area contributed by atoms with E-state index in [1.807, 2.05) is 0 Å². The van der Waals surface area contributed by atoms with Gasteiger partial charge in [0.1, 0.15) is 9.84 Å². The van der Waals surface area contributed by atoms with Gasteiger partial charge in [0.15, 0.2) is 0 Å². The summed E-state index contributed by atoms with van der Waals surface area (Å²) in [5.41, 5.74) is 0. The Labute approximate surface area is 103 Å². The van der Waals surface area contributed by atoms with Gasteiger partial charge in [-0.15, -0.1) is 0 Å². The van der Waals surface area contributed by atoms with Crippen LogP contribution in [0.5, 0.6) is 0 Å². The van der Waals surface area contributed by atoms with Crippen LogP contribution in [0.25, 0.3) is 0 Å². The summed E-state index contributed by atoms with van der Waals surface area (Å²) in [6, 6.07) is 0.419. The Hall–Kier alpha value is -0.620. The largest absolute Gasteiger partial charge is 0.355 e. The zero-order valence-electron chi connectivity index (χ0n) is 10.6. The van der Waals surface area contributed by atoms with Gasteiger partial charge in [-0.3, -0.25) is 9.69 Å². The number of carbonyl (C=O) groups excluding carboxylic acids is 1. The van der Waals surface area contributed by atoms with Crippen LogP contribution in [0.3, 0.4) is 0 Å². The number of nitrogens with zero attached hydrogens (tertiary/aromatic N) is 1. The van der Waals surface area contributed by atoms with Crippen molar-refractivity contribution in [3.8, 4) is 0 Å². The highest BCUT2D eigenvalue weighted by Gasteiger charge is 2.23. The minimum atomic E-state index is -3.04. The number of rotatable bonds is 6. The molecule has 0 radical (unpaired) electrons. The van der Waals surface area contributed by atoms with E-state index in [4.69, 9.17) is 0 Å². The fraction of sp³-hybridized carbons (Fsp3) is 0.909. The van der Waals surface area contributed by atoms with Crippen molar-refractivity contribution in [2.75, 3.05) is 31.6 Å².